The number of hydrogen-bond donors (Lipinski definition) is 2. The number of aromatic nitrogens is 2. The maximum Gasteiger partial charge on any atom is 0.124 e. The minimum absolute atomic E-state index is 0.228. The smallest absolute Gasteiger partial charge is 0.124 e. The van der Waals surface area contributed by atoms with Crippen LogP contribution < -0.4 is 5.32 Å². The first kappa shape index (κ1) is 7.61. The minimum atomic E-state index is 0.228. The van der Waals surface area contributed by atoms with Gasteiger partial charge in [0.2, 0.25) is 0 Å². The number of aliphatic hydroxyl groups is 1. The fourth-order valence-electron chi connectivity index (χ4n) is 1.51. The average Bonchev–Trinajstić information content (AvgIpc) is 2.43. The first-order valence-corrected chi connectivity index (χ1v) is 4.19. The summed E-state index contributed by atoms with van der Waals surface area (Å²) < 4.78 is 1.92. The third-order valence-corrected chi connectivity index (χ3v) is 2.16. The van der Waals surface area contributed by atoms with Gasteiger partial charge >= 0.3 is 0 Å². The molecule has 4 heteroatoms. The number of hydrogen-bond acceptors (Lipinski definition) is 3. The predicted octanol–water partition coefficient (Wildman–Crippen LogP) is 0.226. The SMILES string of the molecule is Cc1cc2n(n1)CC(CO)CN2. The van der Waals surface area contributed by atoms with Crippen molar-refractivity contribution in [1.29, 1.82) is 0 Å². The lowest BCUT2D eigenvalue weighted by Crippen LogP contribution is -2.29. The molecule has 0 aromatic carbocycles. The van der Waals surface area contributed by atoms with Crippen molar-refractivity contribution >= 4 is 5.82 Å². The van der Waals surface area contributed by atoms with Crippen molar-refractivity contribution in [2.75, 3.05) is 18.5 Å². The molecule has 0 radical (unpaired) electrons. The molecule has 1 atom stereocenters. The van der Waals surface area contributed by atoms with Crippen molar-refractivity contribution in [1.82, 2.24) is 9.78 Å². The third-order valence-electron chi connectivity index (χ3n) is 2.16. The van der Waals surface area contributed by atoms with Crippen molar-refractivity contribution in [3.8, 4) is 0 Å². The molecule has 0 aliphatic carbocycles. The number of aryl methyl sites for hydroxylation is 1. The molecular weight excluding hydrogens is 154 g/mol. The highest BCUT2D eigenvalue weighted by atomic mass is 16.3. The molecule has 0 fully saturated rings. The molecular formula is C8H13N3O. The molecule has 1 aromatic heterocycles. The summed E-state index contributed by atoms with van der Waals surface area (Å²) in [5.41, 5.74) is 1.02. The van der Waals surface area contributed by atoms with Crippen LogP contribution in [-0.2, 0) is 6.54 Å². The van der Waals surface area contributed by atoms with Crippen LogP contribution in [0.2, 0.25) is 0 Å². The van der Waals surface area contributed by atoms with E-state index in [9.17, 15) is 0 Å². The Hall–Kier alpha value is -1.03. The lowest BCUT2D eigenvalue weighted by Gasteiger charge is -2.22. The van der Waals surface area contributed by atoms with Crippen LogP contribution in [0.5, 0.6) is 0 Å². The van der Waals surface area contributed by atoms with Crippen LogP contribution in [-0.4, -0.2) is 28.0 Å². The van der Waals surface area contributed by atoms with E-state index in [-0.39, 0.29) is 6.61 Å². The second kappa shape index (κ2) is 2.79. The molecule has 12 heavy (non-hydrogen) atoms. The van der Waals surface area contributed by atoms with Gasteiger partial charge in [-0.1, -0.05) is 0 Å². The van der Waals surface area contributed by atoms with Gasteiger partial charge in [-0.3, -0.25) is 0 Å². The van der Waals surface area contributed by atoms with Crippen LogP contribution in [0, 0.1) is 12.8 Å². The molecule has 2 N–H and O–H groups in total. The van der Waals surface area contributed by atoms with E-state index in [1.807, 2.05) is 17.7 Å². The fraction of sp³-hybridized carbons (Fsp3) is 0.625. The summed E-state index contributed by atoms with van der Waals surface area (Å²) >= 11 is 0. The number of nitrogens with zero attached hydrogens (tertiary/aromatic N) is 2. The topological polar surface area (TPSA) is 50.1 Å². The standard InChI is InChI=1S/C8H13N3O/c1-6-2-8-9-3-7(5-12)4-11(8)10-6/h2,7,9,12H,3-5H2,1H3. The van der Waals surface area contributed by atoms with Crippen LogP contribution in [0.1, 0.15) is 5.69 Å². The molecule has 0 saturated carbocycles. The molecule has 1 aliphatic rings. The lowest BCUT2D eigenvalue weighted by atomic mass is 10.1. The highest BCUT2D eigenvalue weighted by Crippen LogP contribution is 2.17. The largest absolute Gasteiger partial charge is 0.396 e. The van der Waals surface area contributed by atoms with Gasteiger partial charge in [-0.25, -0.2) is 4.68 Å². The van der Waals surface area contributed by atoms with Crippen molar-refractivity contribution in [2.24, 2.45) is 5.92 Å². The summed E-state index contributed by atoms with van der Waals surface area (Å²) in [5.74, 6) is 1.37. The van der Waals surface area contributed by atoms with E-state index in [0.717, 1.165) is 24.6 Å². The van der Waals surface area contributed by atoms with Crippen LogP contribution in [0.25, 0.3) is 0 Å². The first-order chi connectivity index (χ1) is 5.79. The summed E-state index contributed by atoms with van der Waals surface area (Å²) in [6.07, 6.45) is 0. The molecule has 2 rings (SSSR count). The normalized spacial score (nSPS) is 21.7. The van der Waals surface area contributed by atoms with Crippen molar-refractivity contribution in [3.63, 3.8) is 0 Å². The zero-order chi connectivity index (χ0) is 8.55. The summed E-state index contributed by atoms with van der Waals surface area (Å²) in [7, 11) is 0. The fourth-order valence-corrected chi connectivity index (χ4v) is 1.51. The van der Waals surface area contributed by atoms with Crippen LogP contribution in [0.4, 0.5) is 5.82 Å². The van der Waals surface area contributed by atoms with E-state index >= 15 is 0 Å². The number of anilines is 1. The highest BCUT2D eigenvalue weighted by molar-refractivity contribution is 5.38. The Labute approximate surface area is 71.2 Å². The first-order valence-electron chi connectivity index (χ1n) is 4.19. The zero-order valence-electron chi connectivity index (χ0n) is 7.12. The average molecular weight is 167 g/mol. The Morgan fingerprint density at radius 3 is 3.42 bits per heavy atom. The quantitative estimate of drug-likeness (QED) is 0.629. The molecule has 66 valence electrons. The van der Waals surface area contributed by atoms with E-state index in [2.05, 4.69) is 10.4 Å². The maximum atomic E-state index is 8.94. The molecule has 0 amide bonds. The number of rotatable bonds is 1. The van der Waals surface area contributed by atoms with Gasteiger partial charge in [-0.05, 0) is 6.92 Å². The Bertz CT molecular complexity index is 282. The Morgan fingerprint density at radius 1 is 1.83 bits per heavy atom. The van der Waals surface area contributed by atoms with Gasteiger partial charge in [-0.2, -0.15) is 5.10 Å². The van der Waals surface area contributed by atoms with Gasteiger partial charge in [0, 0.05) is 31.7 Å². The van der Waals surface area contributed by atoms with Crippen LogP contribution in [0.3, 0.4) is 0 Å². The lowest BCUT2D eigenvalue weighted by molar-refractivity contribution is 0.209. The van der Waals surface area contributed by atoms with Gasteiger partial charge < -0.3 is 10.4 Å². The minimum Gasteiger partial charge on any atom is -0.396 e. The maximum absolute atomic E-state index is 8.94. The molecule has 0 spiro atoms. The van der Waals surface area contributed by atoms with Gasteiger partial charge in [0.05, 0.1) is 5.69 Å². The Morgan fingerprint density at radius 2 is 2.67 bits per heavy atom. The number of nitrogens with one attached hydrogen (secondary N) is 1. The number of aliphatic hydroxyl groups excluding tert-OH is 1. The second-order valence-corrected chi connectivity index (χ2v) is 3.28. The van der Waals surface area contributed by atoms with Crippen LogP contribution >= 0.6 is 0 Å². The van der Waals surface area contributed by atoms with Crippen LogP contribution in [0.15, 0.2) is 6.07 Å². The Balaban J connectivity index is 2.22. The van der Waals surface area contributed by atoms with Crippen molar-refractivity contribution < 1.29 is 5.11 Å². The summed E-state index contributed by atoms with van der Waals surface area (Å²) in [5, 5.41) is 16.5. The van der Waals surface area contributed by atoms with E-state index in [1.54, 1.807) is 0 Å². The highest BCUT2D eigenvalue weighted by Gasteiger charge is 2.17. The molecule has 2 heterocycles. The predicted molar refractivity (Wildman–Crippen MR) is 46.0 cm³/mol. The third kappa shape index (κ3) is 1.18. The van der Waals surface area contributed by atoms with Gasteiger partial charge in [0.1, 0.15) is 5.82 Å². The number of fused-ring (bicyclic) bond motifs is 1. The Kier molecular flexibility index (Phi) is 1.77. The van der Waals surface area contributed by atoms with Gasteiger partial charge in [-0.15, -0.1) is 0 Å². The van der Waals surface area contributed by atoms with Crippen molar-refractivity contribution in [3.05, 3.63) is 11.8 Å². The van der Waals surface area contributed by atoms with E-state index in [4.69, 9.17) is 5.11 Å². The second-order valence-electron chi connectivity index (χ2n) is 3.28. The van der Waals surface area contributed by atoms with E-state index in [0.29, 0.717) is 5.92 Å². The monoisotopic (exact) mass is 167 g/mol. The molecule has 4 nitrogen and oxygen atoms in total. The molecule has 0 saturated heterocycles. The summed E-state index contributed by atoms with van der Waals surface area (Å²) in [4.78, 5) is 0. The molecule has 0 bridgehead atoms. The molecule has 1 unspecified atom stereocenters. The van der Waals surface area contributed by atoms with E-state index < -0.39 is 0 Å². The summed E-state index contributed by atoms with van der Waals surface area (Å²) in [6, 6.07) is 2.02. The molecule has 1 aliphatic heterocycles. The summed E-state index contributed by atoms with van der Waals surface area (Å²) in [6.45, 7) is 3.88. The van der Waals surface area contributed by atoms with Crippen molar-refractivity contribution in [2.45, 2.75) is 13.5 Å². The molecule has 1 aromatic rings. The van der Waals surface area contributed by atoms with Gasteiger partial charge in [0.15, 0.2) is 0 Å². The van der Waals surface area contributed by atoms with E-state index in [1.165, 1.54) is 0 Å². The van der Waals surface area contributed by atoms with Gasteiger partial charge in [0.25, 0.3) is 0 Å². The zero-order valence-corrected chi connectivity index (χ0v) is 7.12.